The molecule has 2 aliphatic rings. The van der Waals surface area contributed by atoms with Crippen LogP contribution in [0.2, 0.25) is 0 Å². The van der Waals surface area contributed by atoms with Crippen LogP contribution in [-0.2, 0) is 14.3 Å². The van der Waals surface area contributed by atoms with Crippen molar-refractivity contribution < 1.29 is 14.3 Å². The Balaban J connectivity index is 1.58. The molecule has 0 bridgehead atoms. The molecule has 2 aliphatic heterocycles. The molecule has 0 spiro atoms. The van der Waals surface area contributed by atoms with Gasteiger partial charge < -0.3 is 20.3 Å². The van der Waals surface area contributed by atoms with Crippen LogP contribution in [0.4, 0.5) is 0 Å². The summed E-state index contributed by atoms with van der Waals surface area (Å²) in [5, 5.41) is 6.35. The Kier molecular flexibility index (Phi) is 6.98. The molecule has 0 aliphatic carbocycles. The third kappa shape index (κ3) is 5.78. The van der Waals surface area contributed by atoms with Crippen molar-refractivity contribution in [3.63, 3.8) is 0 Å². The number of ether oxygens (including phenoxy) is 1. The number of nitrogens with one attached hydrogen (secondary N) is 2. The van der Waals surface area contributed by atoms with E-state index in [-0.39, 0.29) is 17.2 Å². The number of thioether (sulfide) groups is 1. The molecule has 2 amide bonds. The number of amides is 2. The van der Waals surface area contributed by atoms with E-state index in [2.05, 4.69) is 17.6 Å². The van der Waals surface area contributed by atoms with Crippen molar-refractivity contribution in [2.24, 2.45) is 5.41 Å². The number of morpholine rings is 1. The zero-order valence-corrected chi connectivity index (χ0v) is 14.2. The molecule has 0 unspecified atom stereocenters. The molecule has 6 nitrogen and oxygen atoms in total. The van der Waals surface area contributed by atoms with Crippen LogP contribution < -0.4 is 10.6 Å². The van der Waals surface area contributed by atoms with Gasteiger partial charge in [0, 0.05) is 19.6 Å². The maximum atomic E-state index is 11.9. The van der Waals surface area contributed by atoms with E-state index in [0.717, 1.165) is 32.5 Å². The summed E-state index contributed by atoms with van der Waals surface area (Å²) >= 11 is 1.39. The second kappa shape index (κ2) is 8.74. The van der Waals surface area contributed by atoms with Gasteiger partial charge in [0.15, 0.2) is 0 Å². The Morgan fingerprint density at radius 2 is 1.91 bits per heavy atom. The topological polar surface area (TPSA) is 70.7 Å². The number of carbonyl (C=O) groups excluding carboxylic acids is 2. The van der Waals surface area contributed by atoms with E-state index in [9.17, 15) is 9.59 Å². The summed E-state index contributed by atoms with van der Waals surface area (Å²) in [5.74, 6) is 0.852. The predicted octanol–water partition coefficient (Wildman–Crippen LogP) is 0.0843. The van der Waals surface area contributed by atoms with E-state index in [0.29, 0.717) is 37.8 Å². The van der Waals surface area contributed by atoms with Crippen LogP contribution in [0.3, 0.4) is 0 Å². The van der Waals surface area contributed by atoms with Gasteiger partial charge >= 0.3 is 0 Å². The van der Waals surface area contributed by atoms with Crippen LogP contribution in [0.1, 0.15) is 19.8 Å². The maximum Gasteiger partial charge on any atom is 0.232 e. The molecule has 0 radical (unpaired) electrons. The molecule has 0 atom stereocenters. The second-order valence-electron chi connectivity index (χ2n) is 6.32. The number of rotatable bonds is 6. The average Bonchev–Trinajstić information content (AvgIpc) is 2.54. The van der Waals surface area contributed by atoms with E-state index in [1.54, 1.807) is 0 Å². The number of hydrogen-bond acceptors (Lipinski definition) is 5. The maximum absolute atomic E-state index is 11.9. The van der Waals surface area contributed by atoms with Crippen LogP contribution in [0.5, 0.6) is 0 Å². The summed E-state index contributed by atoms with van der Waals surface area (Å²) in [4.78, 5) is 25.6. The summed E-state index contributed by atoms with van der Waals surface area (Å²) in [7, 11) is 0. The van der Waals surface area contributed by atoms with Gasteiger partial charge in [-0.15, -0.1) is 11.8 Å². The average molecular weight is 329 g/mol. The molecule has 2 heterocycles. The Hall–Kier alpha value is -0.790. The van der Waals surface area contributed by atoms with Gasteiger partial charge in [0.2, 0.25) is 11.8 Å². The van der Waals surface area contributed by atoms with Crippen LogP contribution in [0, 0.1) is 5.41 Å². The normalized spacial score (nSPS) is 21.4. The van der Waals surface area contributed by atoms with E-state index in [1.165, 1.54) is 11.8 Å². The predicted molar refractivity (Wildman–Crippen MR) is 87.9 cm³/mol. The zero-order chi connectivity index (χ0) is 15.8. The first kappa shape index (κ1) is 17.6. The Bertz CT molecular complexity index is 380. The fourth-order valence-electron chi connectivity index (χ4n) is 2.71. The molecule has 0 aromatic rings. The second-order valence-corrected chi connectivity index (χ2v) is 7.31. The van der Waals surface area contributed by atoms with Crippen molar-refractivity contribution >= 4 is 23.6 Å². The minimum Gasteiger partial charge on any atom is -0.378 e. The van der Waals surface area contributed by atoms with Crippen molar-refractivity contribution in [1.82, 2.24) is 15.5 Å². The smallest absolute Gasteiger partial charge is 0.232 e. The van der Waals surface area contributed by atoms with Gasteiger partial charge in [-0.25, -0.2) is 0 Å². The van der Waals surface area contributed by atoms with E-state index in [4.69, 9.17) is 4.74 Å². The lowest BCUT2D eigenvalue weighted by atomic mass is 9.81. The first-order valence-electron chi connectivity index (χ1n) is 8.00. The monoisotopic (exact) mass is 329 g/mol. The van der Waals surface area contributed by atoms with Crippen LogP contribution in [-0.4, -0.2) is 74.2 Å². The third-order valence-electron chi connectivity index (χ3n) is 4.35. The van der Waals surface area contributed by atoms with Gasteiger partial charge in [-0.3, -0.25) is 9.59 Å². The highest BCUT2D eigenvalue weighted by atomic mass is 32.2. The highest BCUT2D eigenvalue weighted by molar-refractivity contribution is 8.00. The molecule has 2 fully saturated rings. The SMILES string of the molecule is CC1(CNC(=O)CSCC(=O)N2CCOCC2)CCNCC1. The molecule has 22 heavy (non-hydrogen) atoms. The minimum atomic E-state index is 0.0273. The van der Waals surface area contributed by atoms with Crippen molar-refractivity contribution in [2.75, 3.05) is 57.4 Å². The molecule has 7 heteroatoms. The first-order valence-corrected chi connectivity index (χ1v) is 9.15. The molecular weight excluding hydrogens is 302 g/mol. The van der Waals surface area contributed by atoms with Gasteiger partial charge in [0.05, 0.1) is 24.7 Å². The Morgan fingerprint density at radius 3 is 2.59 bits per heavy atom. The number of nitrogens with zero attached hydrogens (tertiary/aromatic N) is 1. The van der Waals surface area contributed by atoms with Crippen LogP contribution in [0.25, 0.3) is 0 Å². The highest BCUT2D eigenvalue weighted by Gasteiger charge is 2.27. The molecule has 0 saturated carbocycles. The standard InChI is InChI=1S/C15H27N3O3S/c1-15(2-4-16-5-3-15)12-17-13(19)10-22-11-14(20)18-6-8-21-9-7-18/h16H,2-12H2,1H3,(H,17,19). The lowest BCUT2D eigenvalue weighted by Crippen LogP contribution is -2.43. The lowest BCUT2D eigenvalue weighted by molar-refractivity contribution is -0.132. The van der Waals surface area contributed by atoms with Gasteiger partial charge in [0.1, 0.15) is 0 Å². The van der Waals surface area contributed by atoms with Gasteiger partial charge in [-0.2, -0.15) is 0 Å². The summed E-state index contributed by atoms with van der Waals surface area (Å²) in [6.07, 6.45) is 2.19. The number of piperidine rings is 1. The summed E-state index contributed by atoms with van der Waals surface area (Å²) in [6, 6.07) is 0. The molecule has 2 saturated heterocycles. The van der Waals surface area contributed by atoms with Crippen LogP contribution in [0.15, 0.2) is 0 Å². The Morgan fingerprint density at radius 1 is 1.23 bits per heavy atom. The van der Waals surface area contributed by atoms with Gasteiger partial charge in [0.25, 0.3) is 0 Å². The van der Waals surface area contributed by atoms with Gasteiger partial charge in [-0.1, -0.05) is 6.92 Å². The summed E-state index contributed by atoms with van der Waals surface area (Å²) in [6.45, 7) is 7.56. The van der Waals surface area contributed by atoms with Gasteiger partial charge in [-0.05, 0) is 31.3 Å². The van der Waals surface area contributed by atoms with Crippen molar-refractivity contribution in [1.29, 1.82) is 0 Å². The number of hydrogen-bond donors (Lipinski definition) is 2. The Labute approximate surface area is 136 Å². The van der Waals surface area contributed by atoms with E-state index < -0.39 is 0 Å². The molecule has 126 valence electrons. The van der Waals surface area contributed by atoms with Crippen molar-refractivity contribution in [2.45, 2.75) is 19.8 Å². The lowest BCUT2D eigenvalue weighted by Gasteiger charge is -2.34. The molecule has 0 aromatic heterocycles. The van der Waals surface area contributed by atoms with Crippen LogP contribution >= 0.6 is 11.8 Å². The third-order valence-corrected chi connectivity index (χ3v) is 5.26. The first-order chi connectivity index (χ1) is 10.6. The fraction of sp³-hybridized carbons (Fsp3) is 0.867. The fourth-order valence-corrected chi connectivity index (χ4v) is 3.45. The molecular formula is C15H27N3O3S. The van der Waals surface area contributed by atoms with Crippen molar-refractivity contribution in [3.05, 3.63) is 0 Å². The zero-order valence-electron chi connectivity index (χ0n) is 13.4. The quantitative estimate of drug-likeness (QED) is 0.722. The van der Waals surface area contributed by atoms with E-state index >= 15 is 0 Å². The summed E-state index contributed by atoms with van der Waals surface area (Å²) < 4.78 is 5.22. The molecule has 2 rings (SSSR count). The molecule has 2 N–H and O–H groups in total. The highest BCUT2D eigenvalue weighted by Crippen LogP contribution is 2.26. The summed E-state index contributed by atoms with van der Waals surface area (Å²) in [5.41, 5.74) is 0.204. The van der Waals surface area contributed by atoms with E-state index in [1.807, 2.05) is 4.90 Å². The number of carbonyl (C=O) groups is 2. The largest absolute Gasteiger partial charge is 0.378 e. The minimum absolute atomic E-state index is 0.0273. The van der Waals surface area contributed by atoms with Crippen molar-refractivity contribution in [3.8, 4) is 0 Å². The molecule has 0 aromatic carbocycles.